The van der Waals surface area contributed by atoms with Crippen LogP contribution in [0.3, 0.4) is 0 Å². The monoisotopic (exact) mass is 380 g/mol. The van der Waals surface area contributed by atoms with Gasteiger partial charge in [0.25, 0.3) is 0 Å². The van der Waals surface area contributed by atoms with Crippen LogP contribution in [0.2, 0.25) is 0 Å². The topological polar surface area (TPSA) is 50.2 Å². The van der Waals surface area contributed by atoms with E-state index >= 15 is 0 Å². The van der Waals surface area contributed by atoms with Crippen LogP contribution in [0.25, 0.3) is 0 Å². The van der Waals surface area contributed by atoms with Crippen LogP contribution in [-0.2, 0) is 18.0 Å². The maximum atomic E-state index is 13.1. The van der Waals surface area contributed by atoms with Crippen LogP contribution in [-0.4, -0.2) is 28.8 Å². The Kier molecular flexibility index (Phi) is 5.17. The van der Waals surface area contributed by atoms with E-state index in [1.807, 2.05) is 24.9 Å². The normalized spacial score (nSPS) is 19.0. The molecule has 27 heavy (non-hydrogen) atoms. The molecule has 1 fully saturated rings. The van der Waals surface area contributed by atoms with Gasteiger partial charge >= 0.3 is 6.18 Å². The molecule has 0 spiro atoms. The third-order valence-electron chi connectivity index (χ3n) is 4.97. The summed E-state index contributed by atoms with van der Waals surface area (Å²) in [5.74, 6) is -0.425. The Bertz CT molecular complexity index is 827. The highest BCUT2D eigenvalue weighted by Gasteiger charge is 2.45. The molecule has 0 saturated heterocycles. The number of amides is 1. The molecule has 0 aliphatic heterocycles. The van der Waals surface area contributed by atoms with Gasteiger partial charge in [0, 0.05) is 32.3 Å². The van der Waals surface area contributed by atoms with E-state index in [0.29, 0.717) is 25.2 Å². The minimum Gasteiger partial charge on any atom is -0.370 e. The summed E-state index contributed by atoms with van der Waals surface area (Å²) >= 11 is 0. The summed E-state index contributed by atoms with van der Waals surface area (Å²) in [7, 11) is 1.81. The number of nitrogens with one attached hydrogen (secondary N) is 1. The predicted molar refractivity (Wildman–Crippen MR) is 97.7 cm³/mol. The van der Waals surface area contributed by atoms with Crippen molar-refractivity contribution in [2.75, 3.05) is 23.3 Å². The second-order valence-corrected chi connectivity index (χ2v) is 6.79. The number of benzene rings is 1. The van der Waals surface area contributed by atoms with E-state index in [2.05, 4.69) is 10.4 Å². The van der Waals surface area contributed by atoms with Crippen LogP contribution in [0.4, 0.5) is 24.5 Å². The lowest BCUT2D eigenvalue weighted by Gasteiger charge is -2.25. The Morgan fingerprint density at radius 3 is 2.59 bits per heavy atom. The van der Waals surface area contributed by atoms with Crippen LogP contribution in [0.15, 0.2) is 30.6 Å². The lowest BCUT2D eigenvalue weighted by molar-refractivity contribution is -0.137. The summed E-state index contributed by atoms with van der Waals surface area (Å²) in [4.78, 5) is 14.6. The van der Waals surface area contributed by atoms with Gasteiger partial charge in [0.1, 0.15) is 0 Å². The lowest BCUT2D eigenvalue weighted by atomic mass is 10.1. The van der Waals surface area contributed by atoms with Crippen molar-refractivity contribution in [3.63, 3.8) is 0 Å². The molecule has 0 radical (unpaired) electrons. The summed E-state index contributed by atoms with van der Waals surface area (Å²) in [6.07, 6.45) is -0.191. The molecule has 2 atom stereocenters. The number of carbonyl (C=O) groups excluding carboxylic acids is 1. The molecule has 0 bridgehead atoms. The van der Waals surface area contributed by atoms with Gasteiger partial charge < -0.3 is 10.2 Å². The quantitative estimate of drug-likeness (QED) is 0.823. The van der Waals surface area contributed by atoms with Crippen molar-refractivity contribution in [2.45, 2.75) is 32.4 Å². The second kappa shape index (κ2) is 7.25. The molecule has 1 saturated carbocycles. The number of hydrogen-bond acceptors (Lipinski definition) is 3. The number of alkyl halides is 3. The van der Waals surface area contributed by atoms with E-state index in [9.17, 15) is 18.0 Å². The molecular formula is C19H23F3N4O. The van der Waals surface area contributed by atoms with E-state index in [-0.39, 0.29) is 23.4 Å². The van der Waals surface area contributed by atoms with Crippen molar-refractivity contribution >= 4 is 17.3 Å². The average Bonchev–Trinajstić information content (AvgIpc) is 3.30. The van der Waals surface area contributed by atoms with E-state index in [4.69, 9.17) is 0 Å². The molecular weight excluding hydrogens is 357 g/mol. The summed E-state index contributed by atoms with van der Waals surface area (Å²) in [6.45, 7) is 5.11. The zero-order chi connectivity index (χ0) is 19.8. The van der Waals surface area contributed by atoms with Crippen LogP contribution < -0.4 is 10.2 Å². The fraction of sp³-hybridized carbons (Fsp3) is 0.474. The van der Waals surface area contributed by atoms with Crippen molar-refractivity contribution in [3.05, 3.63) is 41.7 Å². The highest BCUT2D eigenvalue weighted by Crippen LogP contribution is 2.48. The fourth-order valence-electron chi connectivity index (χ4n) is 3.36. The Hall–Kier alpha value is -2.51. The van der Waals surface area contributed by atoms with E-state index < -0.39 is 11.7 Å². The van der Waals surface area contributed by atoms with E-state index in [0.717, 1.165) is 17.7 Å². The molecule has 8 heteroatoms. The Labute approximate surface area is 156 Å². The maximum absolute atomic E-state index is 13.1. The highest BCUT2D eigenvalue weighted by molar-refractivity contribution is 5.98. The summed E-state index contributed by atoms with van der Waals surface area (Å²) in [5, 5.41) is 6.84. The van der Waals surface area contributed by atoms with Crippen LogP contribution >= 0.6 is 0 Å². The SMILES string of the molecule is CCN(CC)c1ccc(C(F)(F)F)cc1NC(=O)[C@@H]1C[C@H]1c1cnn(C)c1. The fourth-order valence-corrected chi connectivity index (χ4v) is 3.36. The summed E-state index contributed by atoms with van der Waals surface area (Å²) < 4.78 is 41.0. The molecule has 0 unspecified atom stereocenters. The molecule has 1 aromatic carbocycles. The number of carbonyl (C=O) groups is 1. The maximum Gasteiger partial charge on any atom is 0.416 e. The lowest BCUT2D eigenvalue weighted by Crippen LogP contribution is -2.25. The Morgan fingerprint density at radius 1 is 1.33 bits per heavy atom. The standard InChI is InChI=1S/C19H23F3N4O/c1-4-26(5-2)17-7-6-13(19(20,21)22)8-16(17)24-18(27)15-9-14(15)12-10-23-25(3)11-12/h6-8,10-11,14-15H,4-5,9H2,1-3H3,(H,24,27)/t14-,15+/m0/s1. The molecule has 1 aromatic heterocycles. The van der Waals surface area contributed by atoms with Crippen LogP contribution in [0.1, 0.15) is 37.3 Å². The number of anilines is 2. The Morgan fingerprint density at radius 2 is 2.04 bits per heavy atom. The second-order valence-electron chi connectivity index (χ2n) is 6.79. The molecule has 2 aromatic rings. The first-order valence-corrected chi connectivity index (χ1v) is 9.00. The van der Waals surface area contributed by atoms with Crippen LogP contribution in [0, 0.1) is 5.92 Å². The molecule has 1 aliphatic carbocycles. The number of nitrogens with zero attached hydrogens (tertiary/aromatic N) is 3. The van der Waals surface area contributed by atoms with Gasteiger partial charge in [-0.05, 0) is 49.9 Å². The number of aromatic nitrogens is 2. The van der Waals surface area contributed by atoms with Crippen molar-refractivity contribution in [3.8, 4) is 0 Å². The first kappa shape index (κ1) is 19.3. The van der Waals surface area contributed by atoms with E-state index in [1.165, 1.54) is 6.07 Å². The highest BCUT2D eigenvalue weighted by atomic mass is 19.4. The summed E-state index contributed by atoms with van der Waals surface area (Å²) in [6, 6.07) is 3.50. The summed E-state index contributed by atoms with van der Waals surface area (Å²) in [5.41, 5.74) is 1.01. The predicted octanol–water partition coefficient (Wildman–Crippen LogP) is 4.03. The minimum atomic E-state index is -4.46. The number of aryl methyl sites for hydroxylation is 1. The van der Waals surface area contributed by atoms with Gasteiger partial charge in [0.15, 0.2) is 0 Å². The van der Waals surface area contributed by atoms with Crippen LogP contribution in [0.5, 0.6) is 0 Å². The molecule has 1 heterocycles. The third-order valence-corrected chi connectivity index (χ3v) is 4.97. The van der Waals surface area contributed by atoms with Gasteiger partial charge in [-0.25, -0.2) is 0 Å². The molecule has 5 nitrogen and oxygen atoms in total. The molecule has 146 valence electrons. The van der Waals surface area contributed by atoms with Crippen molar-refractivity contribution < 1.29 is 18.0 Å². The number of rotatable bonds is 6. The largest absolute Gasteiger partial charge is 0.416 e. The number of halogens is 3. The van der Waals surface area contributed by atoms with Gasteiger partial charge in [0.2, 0.25) is 5.91 Å². The van der Waals surface area contributed by atoms with Gasteiger partial charge in [-0.2, -0.15) is 18.3 Å². The van der Waals surface area contributed by atoms with E-state index in [1.54, 1.807) is 17.9 Å². The molecule has 1 amide bonds. The molecule has 1 aliphatic rings. The van der Waals surface area contributed by atoms with Gasteiger partial charge in [-0.15, -0.1) is 0 Å². The first-order valence-electron chi connectivity index (χ1n) is 9.00. The van der Waals surface area contributed by atoms with Gasteiger partial charge in [-0.3, -0.25) is 9.48 Å². The first-order chi connectivity index (χ1) is 12.7. The zero-order valence-corrected chi connectivity index (χ0v) is 15.5. The van der Waals surface area contributed by atoms with Gasteiger partial charge in [0.05, 0.1) is 23.1 Å². The number of hydrogen-bond donors (Lipinski definition) is 1. The Balaban J connectivity index is 1.82. The van der Waals surface area contributed by atoms with Crippen molar-refractivity contribution in [1.29, 1.82) is 0 Å². The van der Waals surface area contributed by atoms with Crippen molar-refractivity contribution in [1.82, 2.24) is 9.78 Å². The van der Waals surface area contributed by atoms with Gasteiger partial charge in [-0.1, -0.05) is 0 Å². The third kappa shape index (κ3) is 4.09. The molecule has 1 N–H and O–H groups in total. The van der Waals surface area contributed by atoms with Crippen molar-refractivity contribution in [2.24, 2.45) is 13.0 Å². The zero-order valence-electron chi connectivity index (χ0n) is 15.5. The molecule has 3 rings (SSSR count). The minimum absolute atomic E-state index is 0.0707. The smallest absolute Gasteiger partial charge is 0.370 e. The average molecular weight is 380 g/mol.